The van der Waals surface area contributed by atoms with Crippen LogP contribution in [0.15, 0.2) is 24.3 Å². The summed E-state index contributed by atoms with van der Waals surface area (Å²) in [6, 6.07) is 9.55. The van der Waals surface area contributed by atoms with E-state index >= 15 is 0 Å². The smallest absolute Gasteiger partial charge is 0.152 e. The third-order valence-corrected chi connectivity index (χ3v) is 3.36. The Labute approximate surface area is 123 Å². The van der Waals surface area contributed by atoms with Gasteiger partial charge in [0.25, 0.3) is 0 Å². The van der Waals surface area contributed by atoms with Crippen molar-refractivity contribution in [3.63, 3.8) is 0 Å². The minimum absolute atomic E-state index is 0.498. The molecule has 0 atom stereocenters. The van der Waals surface area contributed by atoms with Crippen LogP contribution in [0.4, 0.5) is 5.69 Å². The molecule has 2 aromatic rings. The van der Waals surface area contributed by atoms with Crippen LogP contribution in [0.25, 0.3) is 0 Å². The molecule has 0 spiro atoms. The summed E-state index contributed by atoms with van der Waals surface area (Å²) in [7, 11) is 0. The number of H-pyrrole nitrogens is 1. The van der Waals surface area contributed by atoms with E-state index in [4.69, 9.17) is 16.9 Å². The number of anilines is 1. The van der Waals surface area contributed by atoms with Crippen LogP contribution in [0.2, 0.25) is 5.15 Å². The number of aromatic amines is 1. The second-order valence-corrected chi connectivity index (χ2v) is 4.93. The summed E-state index contributed by atoms with van der Waals surface area (Å²) < 4.78 is 0. The lowest BCUT2D eigenvalue weighted by atomic mass is 10.2. The van der Waals surface area contributed by atoms with Crippen molar-refractivity contribution in [1.82, 2.24) is 9.97 Å². The van der Waals surface area contributed by atoms with Crippen molar-refractivity contribution in [3.05, 3.63) is 46.5 Å². The van der Waals surface area contributed by atoms with Gasteiger partial charge in [0.1, 0.15) is 11.9 Å². The molecule has 0 amide bonds. The standard InChI is InChI=1S/C15H17ClN4/c1-2-3-8-14-19-13(15(16)20-14)10-18-12-7-5-4-6-11(12)9-17/h4-7,18H,2-3,8,10H2,1H3,(H,19,20). The third kappa shape index (κ3) is 3.52. The lowest BCUT2D eigenvalue weighted by Gasteiger charge is -2.06. The van der Waals surface area contributed by atoms with Crippen LogP contribution in [0.3, 0.4) is 0 Å². The van der Waals surface area contributed by atoms with Crippen LogP contribution in [0, 0.1) is 11.3 Å². The molecule has 1 heterocycles. The number of hydrogen-bond acceptors (Lipinski definition) is 3. The topological polar surface area (TPSA) is 64.5 Å². The van der Waals surface area contributed by atoms with Crippen molar-refractivity contribution in [2.75, 3.05) is 5.32 Å². The molecule has 2 rings (SSSR count). The summed E-state index contributed by atoms with van der Waals surface area (Å²) in [5, 5.41) is 12.7. The Balaban J connectivity index is 2.04. The second kappa shape index (κ2) is 6.97. The first kappa shape index (κ1) is 14.4. The van der Waals surface area contributed by atoms with Gasteiger partial charge in [-0.15, -0.1) is 0 Å². The summed E-state index contributed by atoms with van der Waals surface area (Å²) in [6.07, 6.45) is 3.13. The van der Waals surface area contributed by atoms with E-state index in [1.54, 1.807) is 6.07 Å². The van der Waals surface area contributed by atoms with E-state index in [-0.39, 0.29) is 0 Å². The monoisotopic (exact) mass is 288 g/mol. The molecule has 0 aliphatic rings. The van der Waals surface area contributed by atoms with Crippen molar-refractivity contribution >= 4 is 17.3 Å². The molecule has 0 radical (unpaired) electrons. The first-order valence-corrected chi connectivity index (χ1v) is 7.08. The number of aryl methyl sites for hydroxylation is 1. The van der Waals surface area contributed by atoms with E-state index in [2.05, 4.69) is 28.3 Å². The van der Waals surface area contributed by atoms with Gasteiger partial charge in [0, 0.05) is 6.42 Å². The number of hydrogen-bond donors (Lipinski definition) is 2. The highest BCUT2D eigenvalue weighted by molar-refractivity contribution is 6.30. The molecule has 2 N–H and O–H groups in total. The van der Waals surface area contributed by atoms with Crippen molar-refractivity contribution in [2.24, 2.45) is 0 Å². The predicted octanol–water partition coefficient (Wildman–Crippen LogP) is 3.89. The van der Waals surface area contributed by atoms with E-state index in [0.717, 1.165) is 36.5 Å². The molecule has 0 bridgehead atoms. The molecule has 4 nitrogen and oxygen atoms in total. The third-order valence-electron chi connectivity index (χ3n) is 3.05. The number of halogens is 1. The van der Waals surface area contributed by atoms with E-state index in [0.29, 0.717) is 17.3 Å². The van der Waals surface area contributed by atoms with Crippen LogP contribution in [0.1, 0.15) is 36.8 Å². The number of nitrogens with zero attached hydrogens (tertiary/aromatic N) is 2. The summed E-state index contributed by atoms with van der Waals surface area (Å²) in [5.74, 6) is 0.919. The number of rotatable bonds is 6. The van der Waals surface area contributed by atoms with Gasteiger partial charge in [-0.1, -0.05) is 37.1 Å². The van der Waals surface area contributed by atoms with Crippen LogP contribution < -0.4 is 5.32 Å². The van der Waals surface area contributed by atoms with Gasteiger partial charge in [0.15, 0.2) is 5.15 Å². The lowest BCUT2D eigenvalue weighted by Crippen LogP contribution is -2.02. The van der Waals surface area contributed by atoms with Gasteiger partial charge in [-0.3, -0.25) is 0 Å². The number of nitriles is 1. The molecule has 1 aromatic heterocycles. The maximum atomic E-state index is 9.04. The maximum absolute atomic E-state index is 9.04. The second-order valence-electron chi connectivity index (χ2n) is 4.57. The molecule has 0 fully saturated rings. The average molecular weight is 289 g/mol. The van der Waals surface area contributed by atoms with Gasteiger partial charge in [0.05, 0.1) is 23.5 Å². The predicted molar refractivity (Wildman–Crippen MR) is 80.7 cm³/mol. The fourth-order valence-electron chi connectivity index (χ4n) is 1.94. The number of imidazole rings is 1. The Hall–Kier alpha value is -1.99. The minimum Gasteiger partial charge on any atom is -0.378 e. The largest absolute Gasteiger partial charge is 0.378 e. The van der Waals surface area contributed by atoms with Crippen molar-refractivity contribution < 1.29 is 0 Å². The SMILES string of the molecule is CCCCc1nc(Cl)c(CNc2ccccc2C#N)[nH]1. The highest BCUT2D eigenvalue weighted by Crippen LogP contribution is 2.18. The molecule has 0 saturated heterocycles. The normalized spacial score (nSPS) is 10.2. The zero-order valence-corrected chi connectivity index (χ0v) is 12.2. The summed E-state index contributed by atoms with van der Waals surface area (Å²) in [6.45, 7) is 2.67. The lowest BCUT2D eigenvalue weighted by molar-refractivity contribution is 0.760. The van der Waals surface area contributed by atoms with E-state index < -0.39 is 0 Å². The number of benzene rings is 1. The molecule has 0 saturated carbocycles. The van der Waals surface area contributed by atoms with Crippen molar-refractivity contribution in [3.8, 4) is 6.07 Å². The molecule has 1 aromatic carbocycles. The van der Waals surface area contributed by atoms with Gasteiger partial charge in [0.2, 0.25) is 0 Å². The number of aromatic nitrogens is 2. The zero-order valence-electron chi connectivity index (χ0n) is 11.4. The molecule has 0 aliphatic carbocycles. The first-order chi connectivity index (χ1) is 9.74. The number of para-hydroxylation sites is 1. The van der Waals surface area contributed by atoms with Gasteiger partial charge >= 0.3 is 0 Å². The van der Waals surface area contributed by atoms with Crippen LogP contribution in [-0.2, 0) is 13.0 Å². The first-order valence-electron chi connectivity index (χ1n) is 6.70. The summed E-state index contributed by atoms with van der Waals surface area (Å²) in [5.41, 5.74) is 2.27. The van der Waals surface area contributed by atoms with E-state index in [1.807, 2.05) is 18.2 Å². The highest BCUT2D eigenvalue weighted by atomic mass is 35.5. The van der Waals surface area contributed by atoms with Crippen molar-refractivity contribution in [1.29, 1.82) is 5.26 Å². The Bertz CT molecular complexity index is 613. The van der Waals surface area contributed by atoms with Crippen LogP contribution in [-0.4, -0.2) is 9.97 Å². The molecule has 0 unspecified atom stereocenters. The van der Waals surface area contributed by atoms with Crippen LogP contribution >= 0.6 is 11.6 Å². The molecular formula is C15H17ClN4. The molecule has 104 valence electrons. The van der Waals surface area contributed by atoms with Gasteiger partial charge in [-0.05, 0) is 18.6 Å². The van der Waals surface area contributed by atoms with E-state index in [9.17, 15) is 0 Å². The molecule has 0 aliphatic heterocycles. The quantitative estimate of drug-likeness (QED) is 0.847. The van der Waals surface area contributed by atoms with Gasteiger partial charge in [-0.2, -0.15) is 5.26 Å². The van der Waals surface area contributed by atoms with Gasteiger partial charge in [-0.25, -0.2) is 4.98 Å². The Kier molecular flexibility index (Phi) is 5.03. The fraction of sp³-hybridized carbons (Fsp3) is 0.333. The number of unbranched alkanes of at least 4 members (excludes halogenated alkanes) is 1. The molecule has 20 heavy (non-hydrogen) atoms. The Morgan fingerprint density at radius 3 is 2.95 bits per heavy atom. The Morgan fingerprint density at radius 2 is 2.20 bits per heavy atom. The minimum atomic E-state index is 0.498. The van der Waals surface area contributed by atoms with Crippen molar-refractivity contribution in [2.45, 2.75) is 32.7 Å². The summed E-state index contributed by atoms with van der Waals surface area (Å²) >= 11 is 6.12. The zero-order chi connectivity index (χ0) is 14.4. The summed E-state index contributed by atoms with van der Waals surface area (Å²) in [4.78, 5) is 7.54. The molecular weight excluding hydrogens is 272 g/mol. The molecule has 5 heteroatoms. The maximum Gasteiger partial charge on any atom is 0.152 e. The number of nitrogens with one attached hydrogen (secondary N) is 2. The van der Waals surface area contributed by atoms with E-state index in [1.165, 1.54) is 0 Å². The average Bonchev–Trinajstić information content (AvgIpc) is 2.83. The highest BCUT2D eigenvalue weighted by Gasteiger charge is 2.08. The Morgan fingerprint density at radius 1 is 1.40 bits per heavy atom. The van der Waals surface area contributed by atoms with Gasteiger partial charge < -0.3 is 10.3 Å². The van der Waals surface area contributed by atoms with Crippen LogP contribution in [0.5, 0.6) is 0 Å². The fourth-order valence-corrected chi connectivity index (χ4v) is 2.15.